The van der Waals surface area contributed by atoms with E-state index in [1.54, 1.807) is 7.11 Å². The molecule has 0 aromatic carbocycles. The monoisotopic (exact) mass is 226 g/mol. The normalized spacial score (nSPS) is 33.9. The first-order valence-electron chi connectivity index (χ1n) is 7.03. The van der Waals surface area contributed by atoms with Crippen molar-refractivity contribution in [1.29, 1.82) is 0 Å². The van der Waals surface area contributed by atoms with Gasteiger partial charge in [0.1, 0.15) is 0 Å². The highest BCUT2D eigenvalue weighted by Gasteiger charge is 2.32. The van der Waals surface area contributed by atoms with Crippen LogP contribution in [0.25, 0.3) is 0 Å². The average Bonchev–Trinajstić information content (AvgIpc) is 2.54. The maximum atomic E-state index is 5.16. The van der Waals surface area contributed by atoms with Crippen LogP contribution in [0.5, 0.6) is 0 Å². The molecule has 1 aliphatic rings. The Kier molecular flexibility index (Phi) is 5.82. The minimum absolute atomic E-state index is 0.818. The van der Waals surface area contributed by atoms with Crippen molar-refractivity contribution < 1.29 is 4.74 Å². The molecule has 1 nitrogen and oxygen atoms in total. The van der Waals surface area contributed by atoms with Crippen molar-refractivity contribution in [3.8, 4) is 0 Å². The van der Waals surface area contributed by atoms with Gasteiger partial charge in [-0.1, -0.05) is 27.7 Å². The third-order valence-corrected chi connectivity index (χ3v) is 4.50. The first-order valence-corrected chi connectivity index (χ1v) is 7.03. The van der Waals surface area contributed by atoms with E-state index in [9.17, 15) is 0 Å². The van der Waals surface area contributed by atoms with Crippen LogP contribution in [0.15, 0.2) is 0 Å². The van der Waals surface area contributed by atoms with Crippen LogP contribution in [0.2, 0.25) is 0 Å². The molecule has 1 aliphatic carbocycles. The van der Waals surface area contributed by atoms with E-state index in [2.05, 4.69) is 27.7 Å². The molecule has 5 unspecified atom stereocenters. The van der Waals surface area contributed by atoms with Crippen LogP contribution in [0.1, 0.15) is 53.4 Å². The summed E-state index contributed by atoms with van der Waals surface area (Å²) < 4.78 is 5.16. The molecule has 0 aliphatic heterocycles. The summed E-state index contributed by atoms with van der Waals surface area (Å²) in [5.41, 5.74) is 0. The van der Waals surface area contributed by atoms with E-state index in [4.69, 9.17) is 4.74 Å². The molecule has 0 saturated heterocycles. The van der Waals surface area contributed by atoms with Crippen molar-refractivity contribution in [1.82, 2.24) is 0 Å². The average molecular weight is 226 g/mol. The van der Waals surface area contributed by atoms with Crippen LogP contribution >= 0.6 is 0 Å². The third-order valence-electron chi connectivity index (χ3n) is 4.50. The van der Waals surface area contributed by atoms with Gasteiger partial charge in [-0.15, -0.1) is 0 Å². The first-order chi connectivity index (χ1) is 7.54. The lowest BCUT2D eigenvalue weighted by Crippen LogP contribution is -2.17. The van der Waals surface area contributed by atoms with Crippen LogP contribution in [0, 0.1) is 29.6 Å². The molecule has 0 radical (unpaired) electrons. The fourth-order valence-corrected chi connectivity index (χ4v) is 3.64. The summed E-state index contributed by atoms with van der Waals surface area (Å²) in [5.74, 6) is 4.58. The predicted octanol–water partition coefficient (Wildman–Crippen LogP) is 4.37. The number of hydrogen-bond acceptors (Lipinski definition) is 1. The molecule has 1 heteroatoms. The van der Waals surface area contributed by atoms with Crippen LogP contribution in [-0.4, -0.2) is 13.7 Å². The maximum absolute atomic E-state index is 5.16. The van der Waals surface area contributed by atoms with Crippen molar-refractivity contribution in [3.05, 3.63) is 0 Å². The Morgan fingerprint density at radius 3 is 2.38 bits per heavy atom. The Morgan fingerprint density at radius 2 is 1.88 bits per heavy atom. The molecule has 1 fully saturated rings. The maximum Gasteiger partial charge on any atom is 0.0464 e. The lowest BCUT2D eigenvalue weighted by molar-refractivity contribution is 0.165. The first kappa shape index (κ1) is 14.0. The Labute approximate surface area is 102 Å². The van der Waals surface area contributed by atoms with Gasteiger partial charge in [-0.3, -0.25) is 0 Å². The largest absolute Gasteiger partial charge is 0.385 e. The van der Waals surface area contributed by atoms with Gasteiger partial charge in [0.05, 0.1) is 0 Å². The molecule has 0 heterocycles. The van der Waals surface area contributed by atoms with Crippen LogP contribution < -0.4 is 0 Å². The van der Waals surface area contributed by atoms with Gasteiger partial charge in [-0.05, 0) is 55.3 Å². The van der Waals surface area contributed by atoms with Crippen molar-refractivity contribution in [2.45, 2.75) is 53.4 Å². The molecule has 0 N–H and O–H groups in total. The van der Waals surface area contributed by atoms with Crippen molar-refractivity contribution >= 4 is 0 Å². The number of rotatable bonds is 6. The Hall–Kier alpha value is -0.0400. The summed E-state index contributed by atoms with van der Waals surface area (Å²) >= 11 is 0. The second kappa shape index (κ2) is 6.64. The molecular weight excluding hydrogens is 196 g/mol. The van der Waals surface area contributed by atoms with Crippen LogP contribution in [0.4, 0.5) is 0 Å². The molecule has 5 atom stereocenters. The Balaban J connectivity index is 2.31. The fourth-order valence-electron chi connectivity index (χ4n) is 3.64. The van der Waals surface area contributed by atoms with E-state index in [0.717, 1.165) is 36.2 Å². The lowest BCUT2D eigenvalue weighted by atomic mass is 9.80. The van der Waals surface area contributed by atoms with E-state index >= 15 is 0 Å². The van der Waals surface area contributed by atoms with Gasteiger partial charge in [0.2, 0.25) is 0 Å². The van der Waals surface area contributed by atoms with Gasteiger partial charge in [-0.25, -0.2) is 0 Å². The molecule has 0 aromatic rings. The second-order valence-corrected chi connectivity index (χ2v) is 6.32. The number of hydrogen-bond donors (Lipinski definition) is 0. The molecule has 0 aromatic heterocycles. The van der Waals surface area contributed by atoms with E-state index in [1.807, 2.05) is 0 Å². The van der Waals surface area contributed by atoms with E-state index in [0.29, 0.717) is 0 Å². The number of ether oxygens (including phenoxy) is 1. The van der Waals surface area contributed by atoms with Gasteiger partial charge in [0.25, 0.3) is 0 Å². The smallest absolute Gasteiger partial charge is 0.0464 e. The summed E-state index contributed by atoms with van der Waals surface area (Å²) in [7, 11) is 1.80. The minimum Gasteiger partial charge on any atom is -0.385 e. The van der Waals surface area contributed by atoms with E-state index in [1.165, 1.54) is 25.7 Å². The van der Waals surface area contributed by atoms with E-state index < -0.39 is 0 Å². The Morgan fingerprint density at radius 1 is 1.19 bits per heavy atom. The highest BCUT2D eigenvalue weighted by atomic mass is 16.5. The molecule has 0 spiro atoms. The van der Waals surface area contributed by atoms with Gasteiger partial charge in [0.15, 0.2) is 0 Å². The van der Waals surface area contributed by atoms with Crippen molar-refractivity contribution in [2.75, 3.05) is 13.7 Å². The lowest BCUT2D eigenvalue weighted by Gasteiger charge is -2.26. The summed E-state index contributed by atoms with van der Waals surface area (Å²) in [4.78, 5) is 0. The zero-order valence-electron chi connectivity index (χ0n) is 11.8. The molecular formula is C15H30O. The van der Waals surface area contributed by atoms with Gasteiger partial charge < -0.3 is 4.74 Å². The topological polar surface area (TPSA) is 9.23 Å². The Bertz CT molecular complexity index is 190. The third kappa shape index (κ3) is 4.08. The SMILES string of the molecule is COCCC(C)CC(C)C1CC(C)CC1C. The molecule has 1 saturated carbocycles. The quantitative estimate of drug-likeness (QED) is 0.653. The summed E-state index contributed by atoms with van der Waals surface area (Å²) in [6.45, 7) is 10.6. The summed E-state index contributed by atoms with van der Waals surface area (Å²) in [6, 6.07) is 0. The van der Waals surface area contributed by atoms with Crippen molar-refractivity contribution in [3.63, 3.8) is 0 Å². The molecule has 96 valence electrons. The zero-order chi connectivity index (χ0) is 12.1. The van der Waals surface area contributed by atoms with Crippen LogP contribution in [-0.2, 0) is 4.74 Å². The molecule has 0 amide bonds. The summed E-state index contributed by atoms with van der Waals surface area (Å²) in [6.07, 6.45) is 5.50. The highest BCUT2D eigenvalue weighted by Crippen LogP contribution is 2.42. The second-order valence-electron chi connectivity index (χ2n) is 6.32. The van der Waals surface area contributed by atoms with E-state index in [-0.39, 0.29) is 0 Å². The molecule has 0 bridgehead atoms. The zero-order valence-corrected chi connectivity index (χ0v) is 11.8. The molecule has 16 heavy (non-hydrogen) atoms. The number of methoxy groups -OCH3 is 1. The highest BCUT2D eigenvalue weighted by molar-refractivity contribution is 4.82. The predicted molar refractivity (Wildman–Crippen MR) is 70.5 cm³/mol. The minimum atomic E-state index is 0.818. The van der Waals surface area contributed by atoms with Crippen LogP contribution in [0.3, 0.4) is 0 Å². The standard InChI is InChI=1S/C15H30O/c1-11(6-7-16-5)8-13(3)15-10-12(2)9-14(15)4/h11-15H,6-10H2,1-5H3. The summed E-state index contributed by atoms with van der Waals surface area (Å²) in [5, 5.41) is 0. The van der Waals surface area contributed by atoms with Crippen molar-refractivity contribution in [2.24, 2.45) is 29.6 Å². The van der Waals surface area contributed by atoms with Gasteiger partial charge in [0, 0.05) is 13.7 Å². The molecule has 1 rings (SSSR count). The van der Waals surface area contributed by atoms with Gasteiger partial charge >= 0.3 is 0 Å². The fraction of sp³-hybridized carbons (Fsp3) is 1.00. The van der Waals surface area contributed by atoms with Gasteiger partial charge in [-0.2, -0.15) is 0 Å².